The number of pyridine rings is 2. The van der Waals surface area contributed by atoms with E-state index in [0.29, 0.717) is 43.3 Å². The summed E-state index contributed by atoms with van der Waals surface area (Å²) < 4.78 is 39.1. The molecule has 2 aliphatic rings. The van der Waals surface area contributed by atoms with Crippen molar-refractivity contribution < 1.29 is 22.8 Å². The SMILES string of the molecule is Nc1[nH]nc2ncc(NC3CCC(N4C(=O)CN(c5cncc(C(F)(F)F)c5)C4=O)CC3)cc12. The Bertz CT molecular complexity index is 1250. The lowest BCUT2D eigenvalue weighted by atomic mass is 9.90. The van der Waals surface area contributed by atoms with E-state index >= 15 is 0 Å². The third-order valence-electron chi connectivity index (χ3n) is 6.23. The van der Waals surface area contributed by atoms with Crippen molar-refractivity contribution in [2.75, 3.05) is 22.5 Å². The molecule has 0 aromatic carbocycles. The molecule has 0 spiro atoms. The summed E-state index contributed by atoms with van der Waals surface area (Å²) in [6.45, 7) is -0.308. The molecule has 1 aliphatic carbocycles. The van der Waals surface area contributed by atoms with Crippen LogP contribution in [0.15, 0.2) is 30.7 Å². The molecule has 178 valence electrons. The number of nitrogen functional groups attached to an aromatic ring is 1. The first-order chi connectivity index (χ1) is 16.2. The van der Waals surface area contributed by atoms with Gasteiger partial charge in [-0.25, -0.2) is 9.78 Å². The van der Waals surface area contributed by atoms with Gasteiger partial charge in [-0.15, -0.1) is 0 Å². The largest absolute Gasteiger partial charge is 0.417 e. The fourth-order valence-corrected chi connectivity index (χ4v) is 4.52. The van der Waals surface area contributed by atoms with E-state index in [9.17, 15) is 22.8 Å². The normalized spacial score (nSPS) is 21.5. The number of nitrogens with one attached hydrogen (secondary N) is 2. The molecule has 0 unspecified atom stereocenters. The average Bonchev–Trinajstić information content (AvgIpc) is 3.32. The zero-order chi connectivity index (χ0) is 24.0. The summed E-state index contributed by atoms with van der Waals surface area (Å²) in [6.07, 6.45) is 1.47. The number of hydrogen-bond acceptors (Lipinski definition) is 7. The van der Waals surface area contributed by atoms with Gasteiger partial charge >= 0.3 is 12.2 Å². The summed E-state index contributed by atoms with van der Waals surface area (Å²) in [5, 5.41) is 10.8. The van der Waals surface area contributed by atoms with Crippen LogP contribution in [0.25, 0.3) is 11.0 Å². The fraction of sp³-hybridized carbons (Fsp3) is 0.381. The van der Waals surface area contributed by atoms with E-state index in [1.165, 1.54) is 4.90 Å². The van der Waals surface area contributed by atoms with E-state index in [4.69, 9.17) is 5.73 Å². The summed E-state index contributed by atoms with van der Waals surface area (Å²) >= 11 is 0. The molecule has 4 N–H and O–H groups in total. The molecule has 13 heteroatoms. The minimum absolute atomic E-state index is 0.0487. The van der Waals surface area contributed by atoms with Crippen LogP contribution >= 0.6 is 0 Å². The number of H-pyrrole nitrogens is 1. The second-order valence-corrected chi connectivity index (χ2v) is 8.44. The Labute approximate surface area is 191 Å². The van der Waals surface area contributed by atoms with E-state index in [2.05, 4.69) is 25.5 Å². The number of anilines is 3. The third kappa shape index (κ3) is 3.97. The number of urea groups is 1. The number of carbonyl (C=O) groups excluding carboxylic acids is 2. The Balaban J connectivity index is 1.23. The number of nitrogens with zero attached hydrogens (tertiary/aromatic N) is 5. The van der Waals surface area contributed by atoms with Crippen LogP contribution in [0.4, 0.5) is 35.2 Å². The molecule has 2 fully saturated rings. The maximum atomic E-state index is 13.0. The van der Waals surface area contributed by atoms with Gasteiger partial charge in [-0.1, -0.05) is 0 Å². The van der Waals surface area contributed by atoms with Crippen LogP contribution in [0.5, 0.6) is 0 Å². The van der Waals surface area contributed by atoms with Crippen LogP contribution in [0, 0.1) is 0 Å². The number of fused-ring (bicyclic) bond motifs is 1. The van der Waals surface area contributed by atoms with E-state index < -0.39 is 23.7 Å². The van der Waals surface area contributed by atoms with E-state index in [1.54, 1.807) is 6.20 Å². The average molecular weight is 474 g/mol. The Hall–Kier alpha value is -3.90. The minimum atomic E-state index is -4.59. The summed E-state index contributed by atoms with van der Waals surface area (Å²) in [6, 6.07) is 1.88. The molecule has 1 saturated heterocycles. The van der Waals surface area contributed by atoms with Gasteiger partial charge in [0.05, 0.1) is 34.7 Å². The molecule has 3 aromatic rings. The molecule has 4 heterocycles. The van der Waals surface area contributed by atoms with E-state index in [1.807, 2.05) is 6.07 Å². The van der Waals surface area contributed by atoms with Crippen molar-refractivity contribution in [3.8, 4) is 0 Å². The van der Waals surface area contributed by atoms with Crippen molar-refractivity contribution >= 4 is 40.2 Å². The van der Waals surface area contributed by atoms with Gasteiger partial charge in [-0.3, -0.25) is 24.7 Å². The zero-order valence-electron chi connectivity index (χ0n) is 17.8. The highest BCUT2D eigenvalue weighted by Gasteiger charge is 2.43. The molecule has 3 aromatic heterocycles. The first-order valence-corrected chi connectivity index (χ1v) is 10.7. The highest BCUT2D eigenvalue weighted by atomic mass is 19.4. The second kappa shape index (κ2) is 8.15. The number of carbonyl (C=O) groups is 2. The number of imide groups is 1. The number of amides is 3. The van der Waals surface area contributed by atoms with Crippen molar-refractivity contribution in [1.29, 1.82) is 0 Å². The van der Waals surface area contributed by atoms with Gasteiger partial charge in [0.2, 0.25) is 0 Å². The lowest BCUT2D eigenvalue weighted by Gasteiger charge is -2.34. The molecule has 1 aliphatic heterocycles. The topological polar surface area (TPSA) is 133 Å². The zero-order valence-corrected chi connectivity index (χ0v) is 17.8. The molecular formula is C21H21F3N8O2. The highest BCUT2D eigenvalue weighted by molar-refractivity contribution is 6.12. The predicted octanol–water partition coefficient (Wildman–Crippen LogP) is 3.15. The summed E-state index contributed by atoms with van der Waals surface area (Å²) in [7, 11) is 0. The quantitative estimate of drug-likeness (QED) is 0.495. The van der Waals surface area contributed by atoms with Gasteiger partial charge in [0.15, 0.2) is 5.65 Å². The van der Waals surface area contributed by atoms with Crippen LogP contribution in [0.3, 0.4) is 0 Å². The van der Waals surface area contributed by atoms with Crippen molar-refractivity contribution in [2.45, 2.75) is 43.9 Å². The predicted molar refractivity (Wildman–Crippen MR) is 117 cm³/mol. The first-order valence-electron chi connectivity index (χ1n) is 10.7. The van der Waals surface area contributed by atoms with Gasteiger partial charge in [0.25, 0.3) is 5.91 Å². The maximum Gasteiger partial charge on any atom is 0.417 e. The van der Waals surface area contributed by atoms with Gasteiger partial charge in [-0.2, -0.15) is 18.3 Å². The van der Waals surface area contributed by atoms with Crippen molar-refractivity contribution in [3.63, 3.8) is 0 Å². The Morgan fingerprint density at radius 1 is 1.09 bits per heavy atom. The van der Waals surface area contributed by atoms with Crippen molar-refractivity contribution in [2.24, 2.45) is 0 Å². The molecule has 0 atom stereocenters. The summed E-state index contributed by atoms with van der Waals surface area (Å²) in [5.74, 6) is 0.00495. The van der Waals surface area contributed by atoms with E-state index in [0.717, 1.165) is 28.2 Å². The van der Waals surface area contributed by atoms with Gasteiger partial charge in [0.1, 0.15) is 12.4 Å². The van der Waals surface area contributed by atoms with Crippen molar-refractivity contribution in [3.05, 3.63) is 36.3 Å². The summed E-state index contributed by atoms with van der Waals surface area (Å²) in [5.41, 5.74) is 6.15. The van der Waals surface area contributed by atoms with Crippen molar-refractivity contribution in [1.82, 2.24) is 25.1 Å². The molecular weight excluding hydrogens is 453 g/mol. The standard InChI is InChI=1S/C21H21F3N8O2/c22-21(23,24)11-5-15(9-26-7-11)31-10-17(33)32(20(31)34)14-3-1-12(2-4-14)28-13-6-16-18(25)29-30-19(16)27-8-13/h5-9,12,14,28H,1-4,10H2,(H3,25,27,29,30). The number of aromatic nitrogens is 4. The van der Waals surface area contributed by atoms with Gasteiger partial charge in [0, 0.05) is 18.3 Å². The van der Waals surface area contributed by atoms with Crippen LogP contribution in [-0.2, 0) is 11.0 Å². The number of alkyl halides is 3. The van der Waals surface area contributed by atoms with Gasteiger partial charge < -0.3 is 11.1 Å². The minimum Gasteiger partial charge on any atom is -0.384 e. The van der Waals surface area contributed by atoms with Crippen LogP contribution in [-0.4, -0.2) is 55.6 Å². The van der Waals surface area contributed by atoms with Crippen LogP contribution in [0.1, 0.15) is 31.2 Å². The fourth-order valence-electron chi connectivity index (χ4n) is 4.52. The van der Waals surface area contributed by atoms with Crippen LogP contribution in [0.2, 0.25) is 0 Å². The number of nitrogens with two attached hydrogens (primary N) is 1. The van der Waals surface area contributed by atoms with E-state index in [-0.39, 0.29) is 24.3 Å². The lowest BCUT2D eigenvalue weighted by molar-refractivity contribution is -0.137. The number of rotatable bonds is 4. The molecule has 34 heavy (non-hydrogen) atoms. The molecule has 5 rings (SSSR count). The molecule has 0 bridgehead atoms. The Morgan fingerprint density at radius 2 is 1.85 bits per heavy atom. The highest BCUT2D eigenvalue weighted by Crippen LogP contribution is 2.34. The lowest BCUT2D eigenvalue weighted by Crippen LogP contribution is -2.44. The smallest absolute Gasteiger partial charge is 0.384 e. The number of hydrogen-bond donors (Lipinski definition) is 3. The number of aromatic amines is 1. The maximum absolute atomic E-state index is 13.0. The molecule has 3 amide bonds. The molecule has 1 saturated carbocycles. The summed E-state index contributed by atoms with van der Waals surface area (Å²) in [4.78, 5) is 35.7. The molecule has 10 nitrogen and oxygen atoms in total. The Morgan fingerprint density at radius 3 is 2.59 bits per heavy atom. The second-order valence-electron chi connectivity index (χ2n) is 8.44. The number of halogens is 3. The third-order valence-corrected chi connectivity index (χ3v) is 6.23. The van der Waals surface area contributed by atoms with Gasteiger partial charge in [-0.05, 0) is 37.8 Å². The monoisotopic (exact) mass is 474 g/mol. The molecule has 0 radical (unpaired) electrons. The first kappa shape index (κ1) is 21.9. The van der Waals surface area contributed by atoms with Crippen LogP contribution < -0.4 is 16.0 Å². The Kier molecular flexibility index (Phi) is 5.25.